The molecule has 0 bridgehead atoms. The lowest BCUT2D eigenvalue weighted by atomic mass is 10.1. The molecule has 0 radical (unpaired) electrons. The highest BCUT2D eigenvalue weighted by atomic mass is 16.4. The summed E-state index contributed by atoms with van der Waals surface area (Å²) in [6.45, 7) is 0. The van der Waals surface area contributed by atoms with Gasteiger partial charge in [-0.2, -0.15) is 0 Å². The fraction of sp³-hybridized carbons (Fsp3) is 0.200. The maximum atomic E-state index is 11.8. The zero-order valence-electron chi connectivity index (χ0n) is 11.7. The Morgan fingerprint density at radius 3 is 2.65 bits per heavy atom. The van der Waals surface area contributed by atoms with Crippen LogP contribution in [0.2, 0.25) is 0 Å². The summed E-state index contributed by atoms with van der Waals surface area (Å²) in [6.07, 6.45) is -1.44. The molecule has 20 heavy (non-hydrogen) atoms. The van der Waals surface area contributed by atoms with E-state index in [1.54, 1.807) is 6.07 Å². The van der Waals surface area contributed by atoms with E-state index in [4.69, 9.17) is 12.2 Å². The molecule has 0 aliphatic carbocycles. The lowest BCUT2D eigenvalue weighted by molar-refractivity contribution is -0.138. The Morgan fingerprint density at radius 1 is 1.25 bits per heavy atom. The summed E-state index contributed by atoms with van der Waals surface area (Å²) in [5, 5.41) is 13.4. The van der Waals surface area contributed by atoms with Gasteiger partial charge in [0.15, 0.2) is 0 Å². The molecule has 0 saturated heterocycles. The van der Waals surface area contributed by atoms with Crippen molar-refractivity contribution in [3.8, 4) is 0 Å². The van der Waals surface area contributed by atoms with Crippen molar-refractivity contribution in [1.29, 1.82) is 0 Å². The van der Waals surface area contributed by atoms with Gasteiger partial charge in [0.2, 0.25) is 5.91 Å². The van der Waals surface area contributed by atoms with Gasteiger partial charge in [0.05, 0.1) is 0 Å². The van der Waals surface area contributed by atoms with Gasteiger partial charge in [0.25, 0.3) is 0 Å². The summed E-state index contributed by atoms with van der Waals surface area (Å²) >= 11 is 0. The normalized spacial score (nSPS) is 14.3. The van der Waals surface area contributed by atoms with Crippen molar-refractivity contribution in [2.45, 2.75) is 18.9 Å². The van der Waals surface area contributed by atoms with Crippen LogP contribution in [0.1, 0.15) is 14.2 Å². The minimum Gasteiger partial charge on any atom is -0.480 e. The maximum absolute atomic E-state index is 11.8. The highest BCUT2D eigenvalue weighted by molar-refractivity contribution is 5.94. The Balaban J connectivity index is 2.02. The molecule has 5 heteroatoms. The van der Waals surface area contributed by atoms with Crippen molar-refractivity contribution in [2.75, 3.05) is 5.32 Å². The fourth-order valence-electron chi connectivity index (χ4n) is 1.81. The first kappa shape index (κ1) is 12.6. The SMILES string of the molecule is [2H]C(CC(=O)Nc1ccc2ccccc2c1)[C@H](N)C(=O)O. The van der Waals surface area contributed by atoms with E-state index in [0.717, 1.165) is 10.8 Å². The third kappa shape index (κ3) is 3.55. The van der Waals surface area contributed by atoms with Gasteiger partial charge < -0.3 is 16.2 Å². The van der Waals surface area contributed by atoms with Crippen molar-refractivity contribution >= 4 is 28.3 Å². The Hall–Kier alpha value is -2.40. The Labute approximate surface area is 117 Å². The second-order valence-corrected chi connectivity index (χ2v) is 4.41. The molecule has 1 amide bonds. The smallest absolute Gasteiger partial charge is 0.320 e. The molecule has 2 aromatic carbocycles. The molecular weight excluding hydrogens is 256 g/mol. The number of anilines is 1. The lowest BCUT2D eigenvalue weighted by Crippen LogP contribution is -2.31. The molecule has 2 aromatic rings. The van der Waals surface area contributed by atoms with Crippen LogP contribution in [0.5, 0.6) is 0 Å². The zero-order chi connectivity index (χ0) is 15.4. The number of hydrogen-bond donors (Lipinski definition) is 3. The molecule has 0 spiro atoms. The number of carbonyl (C=O) groups excluding carboxylic acids is 1. The van der Waals surface area contributed by atoms with Crippen molar-refractivity contribution in [1.82, 2.24) is 0 Å². The van der Waals surface area contributed by atoms with Crippen molar-refractivity contribution in [3.63, 3.8) is 0 Å². The van der Waals surface area contributed by atoms with Gasteiger partial charge in [-0.15, -0.1) is 0 Å². The summed E-state index contributed by atoms with van der Waals surface area (Å²) in [5.41, 5.74) is 5.92. The minimum atomic E-state index is -1.37. The number of carbonyl (C=O) groups is 2. The van der Waals surface area contributed by atoms with Crippen LogP contribution >= 0.6 is 0 Å². The topological polar surface area (TPSA) is 92.4 Å². The quantitative estimate of drug-likeness (QED) is 0.776. The number of nitrogens with two attached hydrogens (primary N) is 1. The molecule has 0 aliphatic heterocycles. The first-order chi connectivity index (χ1) is 9.97. The number of benzene rings is 2. The van der Waals surface area contributed by atoms with E-state index in [1.807, 2.05) is 36.4 Å². The van der Waals surface area contributed by atoms with Crippen LogP contribution in [0.15, 0.2) is 42.5 Å². The van der Waals surface area contributed by atoms with Crippen molar-refractivity contribution < 1.29 is 16.1 Å². The Morgan fingerprint density at radius 2 is 1.95 bits per heavy atom. The number of aliphatic carboxylic acids is 1. The van der Waals surface area contributed by atoms with Crippen molar-refractivity contribution in [2.24, 2.45) is 5.73 Å². The van der Waals surface area contributed by atoms with Gasteiger partial charge in [-0.25, -0.2) is 0 Å². The molecule has 0 heterocycles. The number of carboxylic acid groups (broad SMARTS) is 1. The molecule has 0 aliphatic rings. The van der Waals surface area contributed by atoms with E-state index >= 15 is 0 Å². The van der Waals surface area contributed by atoms with Gasteiger partial charge in [-0.05, 0) is 29.3 Å². The highest BCUT2D eigenvalue weighted by Gasteiger charge is 2.13. The predicted octanol–water partition coefficient (Wildman–Crippen LogP) is 1.97. The molecule has 104 valence electrons. The molecule has 0 aromatic heterocycles. The van der Waals surface area contributed by atoms with Gasteiger partial charge >= 0.3 is 5.97 Å². The molecule has 1 unspecified atom stereocenters. The molecular formula is C15H16N2O3. The number of carboxylic acids is 1. The molecule has 2 rings (SSSR count). The molecule has 2 atom stereocenters. The number of hydrogen-bond acceptors (Lipinski definition) is 3. The van der Waals surface area contributed by atoms with Gasteiger partial charge in [0, 0.05) is 13.5 Å². The fourth-order valence-corrected chi connectivity index (χ4v) is 1.81. The van der Waals surface area contributed by atoms with E-state index in [2.05, 4.69) is 5.32 Å². The number of rotatable bonds is 5. The van der Waals surface area contributed by atoms with Crippen LogP contribution in [0.25, 0.3) is 10.8 Å². The summed E-state index contributed by atoms with van der Waals surface area (Å²) in [4.78, 5) is 22.5. The first-order valence-electron chi connectivity index (χ1n) is 6.74. The van der Waals surface area contributed by atoms with Crippen LogP contribution in [-0.2, 0) is 9.59 Å². The van der Waals surface area contributed by atoms with Crippen LogP contribution in [-0.4, -0.2) is 23.0 Å². The second-order valence-electron chi connectivity index (χ2n) is 4.41. The lowest BCUT2D eigenvalue weighted by Gasteiger charge is -2.08. The van der Waals surface area contributed by atoms with Gasteiger partial charge in [0.1, 0.15) is 6.04 Å². The van der Waals surface area contributed by atoms with Crippen LogP contribution < -0.4 is 11.1 Å². The molecule has 0 saturated carbocycles. The average molecular weight is 273 g/mol. The monoisotopic (exact) mass is 273 g/mol. The average Bonchev–Trinajstić information content (AvgIpc) is 2.45. The van der Waals surface area contributed by atoms with Crippen LogP contribution in [0.3, 0.4) is 0 Å². The Bertz CT molecular complexity index is 675. The number of amides is 1. The molecule has 0 fully saturated rings. The van der Waals surface area contributed by atoms with E-state index in [0.29, 0.717) is 5.69 Å². The van der Waals surface area contributed by atoms with E-state index in [9.17, 15) is 9.59 Å². The van der Waals surface area contributed by atoms with E-state index in [1.165, 1.54) is 0 Å². The third-order valence-corrected chi connectivity index (χ3v) is 2.88. The van der Waals surface area contributed by atoms with E-state index in [-0.39, 0.29) is 6.42 Å². The highest BCUT2D eigenvalue weighted by Crippen LogP contribution is 2.19. The number of fused-ring (bicyclic) bond motifs is 1. The summed E-state index contributed by atoms with van der Waals surface area (Å²) < 4.78 is 7.57. The Kier molecular flexibility index (Phi) is 3.89. The predicted molar refractivity (Wildman–Crippen MR) is 77.4 cm³/mol. The maximum Gasteiger partial charge on any atom is 0.320 e. The number of nitrogens with one attached hydrogen (secondary N) is 1. The third-order valence-electron chi connectivity index (χ3n) is 2.88. The van der Waals surface area contributed by atoms with Crippen LogP contribution in [0.4, 0.5) is 5.69 Å². The minimum absolute atomic E-state index is 0.264. The van der Waals surface area contributed by atoms with Gasteiger partial charge in [-0.3, -0.25) is 9.59 Å². The summed E-state index contributed by atoms with van der Waals surface area (Å²) in [7, 11) is 0. The first-order valence-corrected chi connectivity index (χ1v) is 6.16. The van der Waals surface area contributed by atoms with Gasteiger partial charge in [-0.1, -0.05) is 30.3 Å². The van der Waals surface area contributed by atoms with E-state index < -0.39 is 24.3 Å². The zero-order valence-corrected chi connectivity index (χ0v) is 10.7. The van der Waals surface area contributed by atoms with Crippen LogP contribution in [0, 0.1) is 0 Å². The second kappa shape index (κ2) is 6.16. The molecule has 4 N–H and O–H groups in total. The summed E-state index contributed by atoms with van der Waals surface area (Å²) in [6, 6.07) is 11.8. The molecule has 5 nitrogen and oxygen atoms in total. The van der Waals surface area contributed by atoms with Crippen molar-refractivity contribution in [3.05, 3.63) is 42.5 Å². The largest absolute Gasteiger partial charge is 0.480 e. The standard InChI is InChI=1S/C15H16N2O3/c16-13(15(19)20)7-8-14(18)17-12-6-5-10-3-1-2-4-11(10)9-12/h1-6,9,13H,7-8,16H2,(H,17,18)(H,19,20)/t13-/m0/s1/i7D/t7?,13-. The summed E-state index contributed by atoms with van der Waals surface area (Å²) in [5.74, 6) is -1.71.